The number of hydrogen-bond acceptors (Lipinski definition) is 5. The van der Waals surface area contributed by atoms with Crippen LogP contribution in [0.1, 0.15) is 31.2 Å². The summed E-state index contributed by atoms with van der Waals surface area (Å²) < 4.78 is 10.6. The van der Waals surface area contributed by atoms with Crippen molar-refractivity contribution in [3.63, 3.8) is 0 Å². The summed E-state index contributed by atoms with van der Waals surface area (Å²) in [4.78, 5) is 15.5. The molecule has 0 saturated heterocycles. The molecule has 21 heavy (non-hydrogen) atoms. The van der Waals surface area contributed by atoms with Gasteiger partial charge in [-0.15, -0.1) is 0 Å². The fourth-order valence-electron chi connectivity index (χ4n) is 2.41. The minimum atomic E-state index is -0.0735. The SMILES string of the molecule is COCC(=O)NC1CCC(Oc2ccc(C#N)cn2)CC1. The van der Waals surface area contributed by atoms with Gasteiger partial charge in [0, 0.05) is 25.4 Å². The number of carbonyl (C=O) groups excluding carboxylic acids is 1. The van der Waals surface area contributed by atoms with Crippen molar-refractivity contribution in [2.24, 2.45) is 0 Å². The Morgan fingerprint density at radius 2 is 2.19 bits per heavy atom. The van der Waals surface area contributed by atoms with Gasteiger partial charge in [0.1, 0.15) is 18.8 Å². The van der Waals surface area contributed by atoms with Crippen molar-refractivity contribution in [2.75, 3.05) is 13.7 Å². The second-order valence-electron chi connectivity index (χ2n) is 5.09. The van der Waals surface area contributed by atoms with E-state index in [1.54, 1.807) is 12.1 Å². The summed E-state index contributed by atoms with van der Waals surface area (Å²) >= 11 is 0. The van der Waals surface area contributed by atoms with Crippen LogP contribution in [0.15, 0.2) is 18.3 Å². The van der Waals surface area contributed by atoms with Gasteiger partial charge in [0.05, 0.1) is 5.56 Å². The smallest absolute Gasteiger partial charge is 0.246 e. The lowest BCUT2D eigenvalue weighted by Gasteiger charge is -2.29. The summed E-state index contributed by atoms with van der Waals surface area (Å²) in [5.74, 6) is 0.469. The summed E-state index contributed by atoms with van der Waals surface area (Å²) in [6.45, 7) is 0.103. The number of amides is 1. The van der Waals surface area contributed by atoms with E-state index in [9.17, 15) is 4.79 Å². The van der Waals surface area contributed by atoms with Crippen molar-refractivity contribution in [3.05, 3.63) is 23.9 Å². The van der Waals surface area contributed by atoms with Crippen LogP contribution in [-0.2, 0) is 9.53 Å². The molecule has 1 aliphatic carbocycles. The van der Waals surface area contributed by atoms with Crippen LogP contribution in [0.2, 0.25) is 0 Å². The number of hydrogen-bond donors (Lipinski definition) is 1. The Balaban J connectivity index is 1.76. The van der Waals surface area contributed by atoms with Gasteiger partial charge >= 0.3 is 0 Å². The summed E-state index contributed by atoms with van der Waals surface area (Å²) in [5.41, 5.74) is 0.520. The number of nitrogens with zero attached hydrogens (tertiary/aromatic N) is 2. The van der Waals surface area contributed by atoms with Gasteiger partial charge in [-0.3, -0.25) is 4.79 Å². The molecule has 0 spiro atoms. The summed E-state index contributed by atoms with van der Waals surface area (Å²) in [6, 6.07) is 5.63. The van der Waals surface area contributed by atoms with Gasteiger partial charge < -0.3 is 14.8 Å². The largest absolute Gasteiger partial charge is 0.474 e. The number of rotatable bonds is 5. The third-order valence-corrected chi connectivity index (χ3v) is 3.47. The molecule has 0 bridgehead atoms. The molecule has 0 aliphatic heterocycles. The maximum absolute atomic E-state index is 11.4. The molecule has 0 aromatic carbocycles. The number of pyridine rings is 1. The Bertz CT molecular complexity index is 502. The fraction of sp³-hybridized carbons (Fsp3) is 0.533. The molecular weight excluding hydrogens is 270 g/mol. The minimum Gasteiger partial charge on any atom is -0.474 e. The van der Waals surface area contributed by atoms with Crippen molar-refractivity contribution in [2.45, 2.75) is 37.8 Å². The molecule has 0 unspecified atom stereocenters. The molecule has 1 heterocycles. The van der Waals surface area contributed by atoms with E-state index in [1.807, 2.05) is 6.07 Å². The van der Waals surface area contributed by atoms with E-state index in [0.717, 1.165) is 25.7 Å². The number of nitrogens with one attached hydrogen (secondary N) is 1. The summed E-state index contributed by atoms with van der Waals surface area (Å²) in [5, 5.41) is 11.7. The molecule has 1 aromatic rings. The first kappa shape index (κ1) is 15.3. The molecule has 1 aromatic heterocycles. The average molecular weight is 289 g/mol. The first-order valence-corrected chi connectivity index (χ1v) is 7.02. The number of nitriles is 1. The lowest BCUT2D eigenvalue weighted by Crippen LogP contribution is -2.41. The highest BCUT2D eigenvalue weighted by molar-refractivity contribution is 5.77. The van der Waals surface area contributed by atoms with Crippen LogP contribution in [0.25, 0.3) is 0 Å². The van der Waals surface area contributed by atoms with Gasteiger partial charge in [0.2, 0.25) is 11.8 Å². The van der Waals surface area contributed by atoms with E-state index < -0.39 is 0 Å². The Kier molecular flexibility index (Phi) is 5.52. The quantitative estimate of drug-likeness (QED) is 0.886. The zero-order chi connectivity index (χ0) is 15.1. The predicted molar refractivity (Wildman–Crippen MR) is 75.6 cm³/mol. The normalized spacial score (nSPS) is 21.3. The highest BCUT2D eigenvalue weighted by atomic mass is 16.5. The van der Waals surface area contributed by atoms with Crippen LogP contribution in [-0.4, -0.2) is 36.8 Å². The van der Waals surface area contributed by atoms with Crippen molar-refractivity contribution in [1.29, 1.82) is 5.26 Å². The predicted octanol–water partition coefficient (Wildman–Crippen LogP) is 1.41. The number of carbonyl (C=O) groups is 1. The third-order valence-electron chi connectivity index (χ3n) is 3.47. The van der Waals surface area contributed by atoms with E-state index >= 15 is 0 Å². The topological polar surface area (TPSA) is 84.2 Å². The van der Waals surface area contributed by atoms with Gasteiger partial charge in [0.25, 0.3) is 0 Å². The molecule has 1 saturated carbocycles. The summed E-state index contributed by atoms with van der Waals surface area (Å²) in [7, 11) is 1.51. The van der Waals surface area contributed by atoms with Crippen molar-refractivity contribution >= 4 is 5.91 Å². The van der Waals surface area contributed by atoms with Crippen LogP contribution in [0.5, 0.6) is 5.88 Å². The second kappa shape index (κ2) is 7.60. The van der Waals surface area contributed by atoms with Gasteiger partial charge in [-0.2, -0.15) is 5.26 Å². The Morgan fingerprint density at radius 1 is 1.43 bits per heavy atom. The van der Waals surface area contributed by atoms with E-state index in [-0.39, 0.29) is 24.7 Å². The van der Waals surface area contributed by atoms with Crippen LogP contribution in [0, 0.1) is 11.3 Å². The van der Waals surface area contributed by atoms with Crippen LogP contribution >= 0.6 is 0 Å². The van der Waals surface area contributed by atoms with E-state index in [1.165, 1.54) is 13.3 Å². The zero-order valence-electron chi connectivity index (χ0n) is 12.0. The molecule has 1 fully saturated rings. The van der Waals surface area contributed by atoms with Crippen LogP contribution in [0.4, 0.5) is 0 Å². The molecule has 112 valence electrons. The highest BCUT2D eigenvalue weighted by Crippen LogP contribution is 2.22. The number of aromatic nitrogens is 1. The first-order valence-electron chi connectivity index (χ1n) is 7.02. The zero-order valence-corrected chi connectivity index (χ0v) is 12.0. The third kappa shape index (κ3) is 4.72. The molecule has 0 radical (unpaired) electrons. The van der Waals surface area contributed by atoms with Gasteiger partial charge in [-0.1, -0.05) is 0 Å². The van der Waals surface area contributed by atoms with Crippen molar-refractivity contribution < 1.29 is 14.3 Å². The Morgan fingerprint density at radius 3 is 2.76 bits per heavy atom. The molecule has 2 rings (SSSR count). The van der Waals surface area contributed by atoms with Gasteiger partial charge in [-0.05, 0) is 31.7 Å². The van der Waals surface area contributed by atoms with E-state index in [2.05, 4.69) is 10.3 Å². The number of ether oxygens (including phenoxy) is 2. The van der Waals surface area contributed by atoms with E-state index in [4.69, 9.17) is 14.7 Å². The van der Waals surface area contributed by atoms with Gasteiger partial charge in [0.15, 0.2) is 0 Å². The lowest BCUT2D eigenvalue weighted by molar-refractivity contribution is -0.125. The second-order valence-corrected chi connectivity index (χ2v) is 5.09. The maximum atomic E-state index is 11.4. The van der Waals surface area contributed by atoms with Crippen LogP contribution in [0.3, 0.4) is 0 Å². The lowest BCUT2D eigenvalue weighted by atomic mass is 9.93. The highest BCUT2D eigenvalue weighted by Gasteiger charge is 2.23. The maximum Gasteiger partial charge on any atom is 0.246 e. The molecule has 6 heteroatoms. The average Bonchev–Trinajstić information content (AvgIpc) is 2.50. The van der Waals surface area contributed by atoms with Crippen LogP contribution < -0.4 is 10.1 Å². The Hall–Kier alpha value is -2.13. The molecule has 1 aliphatic rings. The van der Waals surface area contributed by atoms with E-state index in [0.29, 0.717) is 11.4 Å². The molecule has 1 amide bonds. The summed E-state index contributed by atoms with van der Waals surface area (Å²) in [6.07, 6.45) is 5.14. The molecule has 1 N–H and O–H groups in total. The molecule has 0 atom stereocenters. The minimum absolute atomic E-state index is 0.0735. The van der Waals surface area contributed by atoms with Gasteiger partial charge in [-0.25, -0.2) is 4.98 Å². The fourth-order valence-corrected chi connectivity index (χ4v) is 2.41. The Labute approximate surface area is 124 Å². The molecule has 6 nitrogen and oxygen atoms in total. The molecular formula is C15H19N3O3. The number of methoxy groups -OCH3 is 1. The monoisotopic (exact) mass is 289 g/mol. The van der Waals surface area contributed by atoms with Crippen molar-refractivity contribution in [1.82, 2.24) is 10.3 Å². The van der Waals surface area contributed by atoms with Crippen molar-refractivity contribution in [3.8, 4) is 11.9 Å². The standard InChI is InChI=1S/C15H19N3O3/c1-20-10-14(19)18-12-3-5-13(6-4-12)21-15-7-2-11(8-16)9-17-15/h2,7,9,12-13H,3-6,10H2,1H3,(H,18,19). The first-order chi connectivity index (χ1) is 10.2.